The quantitative estimate of drug-likeness (QED) is 0.607. The van der Waals surface area contributed by atoms with Gasteiger partial charge in [-0.25, -0.2) is 0 Å². The lowest BCUT2D eigenvalue weighted by Crippen LogP contribution is -2.33. The van der Waals surface area contributed by atoms with Gasteiger partial charge in [0.1, 0.15) is 5.69 Å². The highest BCUT2D eigenvalue weighted by molar-refractivity contribution is 5.96. The number of carbonyl (C=O) groups is 2. The van der Waals surface area contributed by atoms with E-state index in [1.165, 1.54) is 18.2 Å². The molecule has 3 rings (SSSR count). The van der Waals surface area contributed by atoms with Gasteiger partial charge in [-0.15, -0.1) is 0 Å². The third-order valence-electron chi connectivity index (χ3n) is 4.26. The molecule has 1 aliphatic carbocycles. The smallest absolute Gasteiger partial charge is 0.293 e. The molecule has 1 aromatic carbocycles. The first-order valence-corrected chi connectivity index (χ1v) is 8.15. The molecular formula is C16H20N4O4. The summed E-state index contributed by atoms with van der Waals surface area (Å²) in [5.41, 5.74) is 0.299. The number of hydrogen-bond acceptors (Lipinski definition) is 5. The maximum atomic E-state index is 12.0. The van der Waals surface area contributed by atoms with Crippen LogP contribution in [0.1, 0.15) is 36.0 Å². The number of hydrogen-bond donors (Lipinski definition) is 2. The zero-order chi connectivity index (χ0) is 17.1. The molecule has 8 nitrogen and oxygen atoms in total. The molecule has 1 saturated heterocycles. The molecule has 1 aliphatic heterocycles. The molecule has 0 radical (unpaired) electrons. The van der Waals surface area contributed by atoms with Crippen LogP contribution in [0.3, 0.4) is 0 Å². The third-order valence-corrected chi connectivity index (χ3v) is 4.26. The number of nitrogens with one attached hydrogen (secondary N) is 2. The lowest BCUT2D eigenvalue weighted by Gasteiger charge is -2.16. The van der Waals surface area contributed by atoms with Gasteiger partial charge in [0.05, 0.1) is 11.5 Å². The van der Waals surface area contributed by atoms with E-state index in [9.17, 15) is 19.7 Å². The van der Waals surface area contributed by atoms with Crippen molar-refractivity contribution in [2.75, 3.05) is 25.0 Å². The van der Waals surface area contributed by atoms with Gasteiger partial charge in [0, 0.05) is 30.8 Å². The number of anilines is 1. The molecule has 8 heteroatoms. The van der Waals surface area contributed by atoms with Crippen molar-refractivity contribution >= 4 is 23.2 Å². The minimum atomic E-state index is -0.545. The van der Waals surface area contributed by atoms with Crippen LogP contribution in [0.15, 0.2) is 18.2 Å². The van der Waals surface area contributed by atoms with Gasteiger partial charge in [-0.1, -0.05) is 0 Å². The maximum Gasteiger partial charge on any atom is 0.293 e. The van der Waals surface area contributed by atoms with E-state index in [2.05, 4.69) is 10.6 Å². The first-order valence-electron chi connectivity index (χ1n) is 8.15. The fourth-order valence-corrected chi connectivity index (χ4v) is 2.72. The monoisotopic (exact) mass is 332 g/mol. The number of nitro benzene ring substituents is 1. The Kier molecular flexibility index (Phi) is 4.64. The van der Waals surface area contributed by atoms with Crippen LogP contribution in [0, 0.1) is 10.1 Å². The molecule has 1 aromatic rings. The Morgan fingerprint density at radius 2 is 1.96 bits per heavy atom. The molecule has 0 spiro atoms. The van der Waals surface area contributed by atoms with Crippen LogP contribution in [-0.4, -0.2) is 47.3 Å². The first kappa shape index (κ1) is 16.2. The molecule has 0 aromatic heterocycles. The summed E-state index contributed by atoms with van der Waals surface area (Å²) in [6, 6.07) is 4.46. The summed E-state index contributed by atoms with van der Waals surface area (Å²) in [6.07, 6.45) is 3.89. The molecule has 24 heavy (non-hydrogen) atoms. The van der Waals surface area contributed by atoms with Gasteiger partial charge in [-0.2, -0.15) is 0 Å². The Morgan fingerprint density at radius 3 is 2.58 bits per heavy atom. The van der Waals surface area contributed by atoms with Crippen molar-refractivity contribution in [2.24, 2.45) is 0 Å². The van der Waals surface area contributed by atoms with E-state index < -0.39 is 4.92 Å². The van der Waals surface area contributed by atoms with Gasteiger partial charge >= 0.3 is 0 Å². The molecule has 128 valence electrons. The van der Waals surface area contributed by atoms with E-state index in [4.69, 9.17) is 0 Å². The Bertz CT molecular complexity index is 666. The lowest BCUT2D eigenvalue weighted by atomic mass is 10.1. The Hall–Kier alpha value is -2.64. The summed E-state index contributed by atoms with van der Waals surface area (Å²) in [6.45, 7) is 1.49. The van der Waals surface area contributed by atoms with Crippen molar-refractivity contribution in [3.05, 3.63) is 33.9 Å². The Morgan fingerprint density at radius 1 is 1.25 bits per heavy atom. The number of nitrogens with zero attached hydrogens (tertiary/aromatic N) is 2. The summed E-state index contributed by atoms with van der Waals surface area (Å²) in [4.78, 5) is 36.5. The molecule has 0 atom stereocenters. The minimum absolute atomic E-state index is 0.00839. The predicted molar refractivity (Wildman–Crippen MR) is 87.9 cm³/mol. The van der Waals surface area contributed by atoms with Gasteiger partial charge in [-0.05, 0) is 37.8 Å². The average Bonchev–Trinajstić information content (AvgIpc) is 3.21. The van der Waals surface area contributed by atoms with Gasteiger partial charge in [0.25, 0.3) is 11.6 Å². The largest absolute Gasteiger partial charge is 0.371 e. The molecule has 1 saturated carbocycles. The van der Waals surface area contributed by atoms with Crippen molar-refractivity contribution in [3.63, 3.8) is 0 Å². The minimum Gasteiger partial charge on any atom is -0.371 e. The maximum absolute atomic E-state index is 12.0. The van der Waals surface area contributed by atoms with Crippen molar-refractivity contribution in [2.45, 2.75) is 31.7 Å². The summed E-state index contributed by atoms with van der Waals surface area (Å²) >= 11 is 0. The molecule has 2 fully saturated rings. The third kappa shape index (κ3) is 3.81. The molecule has 2 aliphatic rings. The highest BCUT2D eigenvalue weighted by atomic mass is 16.6. The molecule has 0 bridgehead atoms. The number of amides is 2. The SMILES string of the molecule is O=C(NC1CC1)c1ccc(NCC(=O)N2CCCC2)c([N+](=O)[O-])c1. The number of likely N-dealkylation sites (tertiary alicyclic amines) is 1. The number of rotatable bonds is 6. The number of nitro groups is 1. The molecule has 1 heterocycles. The highest BCUT2D eigenvalue weighted by Gasteiger charge is 2.25. The second-order valence-corrected chi connectivity index (χ2v) is 6.18. The Labute approximate surface area is 139 Å². The number of benzene rings is 1. The van der Waals surface area contributed by atoms with Crippen molar-refractivity contribution < 1.29 is 14.5 Å². The summed E-state index contributed by atoms with van der Waals surface area (Å²) < 4.78 is 0. The van der Waals surface area contributed by atoms with Gasteiger partial charge in [-0.3, -0.25) is 19.7 Å². The van der Waals surface area contributed by atoms with Crippen LogP contribution in [0.4, 0.5) is 11.4 Å². The van der Waals surface area contributed by atoms with Gasteiger partial charge in [0.15, 0.2) is 0 Å². The summed E-state index contributed by atoms with van der Waals surface area (Å²) in [7, 11) is 0. The average molecular weight is 332 g/mol. The van der Waals surface area contributed by atoms with Crippen LogP contribution in [-0.2, 0) is 4.79 Å². The summed E-state index contributed by atoms with van der Waals surface area (Å²) in [5, 5.41) is 16.9. The van der Waals surface area contributed by atoms with E-state index in [0.29, 0.717) is 0 Å². The van der Waals surface area contributed by atoms with Crippen LogP contribution in [0.2, 0.25) is 0 Å². The normalized spacial score (nSPS) is 16.8. The standard InChI is InChI=1S/C16H20N4O4/c21-15(19-7-1-2-8-19)10-17-13-6-3-11(9-14(13)20(23)24)16(22)18-12-4-5-12/h3,6,9,12,17H,1-2,4-5,7-8,10H2,(H,18,22). The molecule has 0 unspecified atom stereocenters. The van der Waals surface area contributed by atoms with Crippen LogP contribution >= 0.6 is 0 Å². The second kappa shape index (κ2) is 6.86. The topological polar surface area (TPSA) is 105 Å². The number of carbonyl (C=O) groups excluding carboxylic acids is 2. The fraction of sp³-hybridized carbons (Fsp3) is 0.500. The highest BCUT2D eigenvalue weighted by Crippen LogP contribution is 2.26. The van der Waals surface area contributed by atoms with Crippen molar-refractivity contribution in [1.29, 1.82) is 0 Å². The second-order valence-electron chi connectivity index (χ2n) is 6.18. The first-order chi connectivity index (χ1) is 11.5. The van der Waals surface area contributed by atoms with E-state index in [0.717, 1.165) is 38.8 Å². The van der Waals surface area contributed by atoms with E-state index in [1.807, 2.05) is 0 Å². The van der Waals surface area contributed by atoms with Crippen LogP contribution in [0.5, 0.6) is 0 Å². The fourth-order valence-electron chi connectivity index (χ4n) is 2.72. The molecule has 2 amide bonds. The summed E-state index contributed by atoms with van der Waals surface area (Å²) in [5.74, 6) is -0.377. The van der Waals surface area contributed by atoms with E-state index in [1.54, 1.807) is 4.90 Å². The zero-order valence-corrected chi connectivity index (χ0v) is 13.3. The van der Waals surface area contributed by atoms with Crippen LogP contribution in [0.25, 0.3) is 0 Å². The van der Waals surface area contributed by atoms with Gasteiger partial charge < -0.3 is 15.5 Å². The van der Waals surface area contributed by atoms with Gasteiger partial charge in [0.2, 0.25) is 5.91 Å². The Balaban J connectivity index is 1.68. The zero-order valence-electron chi connectivity index (χ0n) is 13.3. The van der Waals surface area contributed by atoms with Crippen LogP contribution < -0.4 is 10.6 Å². The lowest BCUT2D eigenvalue weighted by molar-refractivity contribution is -0.384. The van der Waals surface area contributed by atoms with Crippen molar-refractivity contribution in [3.8, 4) is 0 Å². The van der Waals surface area contributed by atoms with E-state index in [-0.39, 0.29) is 41.3 Å². The van der Waals surface area contributed by atoms with Crippen molar-refractivity contribution in [1.82, 2.24) is 10.2 Å². The molecular weight excluding hydrogens is 312 g/mol. The molecule has 2 N–H and O–H groups in total. The van der Waals surface area contributed by atoms with E-state index >= 15 is 0 Å². The predicted octanol–water partition coefficient (Wildman–Crippen LogP) is 1.52.